The lowest BCUT2D eigenvalue weighted by molar-refractivity contribution is -0.124. The van der Waals surface area contributed by atoms with Crippen LogP contribution >= 0.6 is 0 Å². The van der Waals surface area contributed by atoms with Crippen molar-refractivity contribution in [2.24, 2.45) is 5.92 Å². The van der Waals surface area contributed by atoms with Crippen LogP contribution < -0.4 is 5.32 Å². The Morgan fingerprint density at radius 1 is 1.26 bits per heavy atom. The lowest BCUT2D eigenvalue weighted by Crippen LogP contribution is -2.31. The Bertz CT molecular complexity index is 466. The molecule has 19 heavy (non-hydrogen) atoms. The predicted molar refractivity (Wildman–Crippen MR) is 74.0 cm³/mol. The number of nitrogens with one attached hydrogen (secondary N) is 1. The summed E-state index contributed by atoms with van der Waals surface area (Å²) in [7, 11) is 0. The van der Waals surface area contributed by atoms with Crippen molar-refractivity contribution in [2.75, 3.05) is 13.2 Å². The Hall–Kier alpha value is -1.84. The summed E-state index contributed by atoms with van der Waals surface area (Å²) in [5.74, 6) is -0.358. The second-order valence-corrected chi connectivity index (χ2v) is 5.09. The molecule has 1 amide bonds. The van der Waals surface area contributed by atoms with Crippen molar-refractivity contribution >= 4 is 11.9 Å². The van der Waals surface area contributed by atoms with E-state index in [1.807, 2.05) is 39.8 Å². The summed E-state index contributed by atoms with van der Waals surface area (Å²) in [6.45, 7) is 8.16. The van der Waals surface area contributed by atoms with Gasteiger partial charge in [-0.15, -0.1) is 0 Å². The van der Waals surface area contributed by atoms with Crippen molar-refractivity contribution in [3.05, 3.63) is 34.9 Å². The largest absolute Gasteiger partial charge is 0.452 e. The van der Waals surface area contributed by atoms with Crippen molar-refractivity contribution in [2.45, 2.75) is 27.7 Å². The zero-order chi connectivity index (χ0) is 14.4. The van der Waals surface area contributed by atoms with Crippen molar-refractivity contribution in [3.8, 4) is 0 Å². The minimum absolute atomic E-state index is 0.237. The van der Waals surface area contributed by atoms with Crippen LogP contribution in [-0.2, 0) is 9.53 Å². The normalized spacial score (nSPS) is 10.4. The lowest BCUT2D eigenvalue weighted by atomic mass is 10.1. The summed E-state index contributed by atoms with van der Waals surface area (Å²) >= 11 is 0. The van der Waals surface area contributed by atoms with Gasteiger partial charge in [-0.3, -0.25) is 4.79 Å². The number of carbonyl (C=O) groups is 2. The van der Waals surface area contributed by atoms with Crippen molar-refractivity contribution in [1.29, 1.82) is 0 Å². The highest BCUT2D eigenvalue weighted by Gasteiger charge is 2.12. The molecule has 1 aromatic rings. The molecule has 0 saturated heterocycles. The first-order valence-electron chi connectivity index (χ1n) is 6.41. The number of carbonyl (C=O) groups excluding carboxylic acids is 2. The third-order valence-corrected chi connectivity index (χ3v) is 2.64. The highest BCUT2D eigenvalue weighted by Crippen LogP contribution is 2.11. The van der Waals surface area contributed by atoms with Gasteiger partial charge >= 0.3 is 5.97 Å². The van der Waals surface area contributed by atoms with Gasteiger partial charge in [-0.05, 0) is 31.4 Å². The number of aryl methyl sites for hydroxylation is 2. The van der Waals surface area contributed by atoms with Crippen LogP contribution in [0.15, 0.2) is 18.2 Å². The predicted octanol–water partition coefficient (Wildman–Crippen LogP) is 2.23. The van der Waals surface area contributed by atoms with E-state index in [2.05, 4.69) is 5.32 Å². The number of hydrogen-bond acceptors (Lipinski definition) is 3. The second-order valence-electron chi connectivity index (χ2n) is 5.09. The van der Waals surface area contributed by atoms with Crippen LogP contribution in [0.3, 0.4) is 0 Å². The fourth-order valence-corrected chi connectivity index (χ4v) is 1.62. The molecule has 0 aliphatic carbocycles. The maximum atomic E-state index is 11.8. The summed E-state index contributed by atoms with van der Waals surface area (Å²) < 4.78 is 4.99. The van der Waals surface area contributed by atoms with Crippen LogP contribution in [-0.4, -0.2) is 25.0 Å². The van der Waals surface area contributed by atoms with Crippen LogP contribution in [0.1, 0.15) is 35.3 Å². The molecule has 1 N–H and O–H groups in total. The molecule has 0 aliphatic heterocycles. The molecule has 0 saturated carbocycles. The van der Waals surface area contributed by atoms with Crippen LogP contribution in [0, 0.1) is 19.8 Å². The molecule has 4 heteroatoms. The highest BCUT2D eigenvalue weighted by molar-refractivity contribution is 5.92. The van der Waals surface area contributed by atoms with Gasteiger partial charge in [0.1, 0.15) is 0 Å². The van der Waals surface area contributed by atoms with Gasteiger partial charge in [-0.2, -0.15) is 0 Å². The number of ether oxygens (including phenoxy) is 1. The van der Waals surface area contributed by atoms with Gasteiger partial charge in [0.25, 0.3) is 5.91 Å². The number of hydrogen-bond donors (Lipinski definition) is 1. The Morgan fingerprint density at radius 3 is 2.53 bits per heavy atom. The molecule has 0 atom stereocenters. The maximum Gasteiger partial charge on any atom is 0.338 e. The molecule has 104 valence electrons. The number of benzene rings is 1. The monoisotopic (exact) mass is 263 g/mol. The molecule has 0 radical (unpaired) electrons. The van der Waals surface area contributed by atoms with Gasteiger partial charge in [-0.25, -0.2) is 4.79 Å². The Morgan fingerprint density at radius 2 is 1.95 bits per heavy atom. The van der Waals surface area contributed by atoms with E-state index in [0.717, 1.165) is 11.1 Å². The fraction of sp³-hybridized carbons (Fsp3) is 0.467. The highest BCUT2D eigenvalue weighted by atomic mass is 16.5. The second kappa shape index (κ2) is 6.92. The smallest absolute Gasteiger partial charge is 0.338 e. The Labute approximate surface area is 114 Å². The third-order valence-electron chi connectivity index (χ3n) is 2.64. The summed E-state index contributed by atoms with van der Waals surface area (Å²) in [5, 5.41) is 2.70. The molecule has 4 nitrogen and oxygen atoms in total. The first kappa shape index (κ1) is 15.2. The van der Waals surface area contributed by atoms with E-state index in [1.54, 1.807) is 6.07 Å². The van der Waals surface area contributed by atoms with Crippen LogP contribution in [0.5, 0.6) is 0 Å². The summed E-state index contributed by atoms with van der Waals surface area (Å²) in [6, 6.07) is 5.48. The third kappa shape index (κ3) is 5.12. The molecule has 0 heterocycles. The van der Waals surface area contributed by atoms with E-state index < -0.39 is 5.97 Å². The average molecular weight is 263 g/mol. The summed E-state index contributed by atoms with van der Waals surface area (Å²) in [5.41, 5.74) is 2.44. The minimum Gasteiger partial charge on any atom is -0.452 e. The van der Waals surface area contributed by atoms with Gasteiger partial charge < -0.3 is 10.1 Å². The summed E-state index contributed by atoms with van der Waals surface area (Å²) in [4.78, 5) is 23.3. The van der Waals surface area contributed by atoms with Crippen LogP contribution in [0.2, 0.25) is 0 Å². The molecule has 0 aromatic heterocycles. The average Bonchev–Trinajstić information content (AvgIpc) is 2.33. The number of amides is 1. The first-order chi connectivity index (χ1) is 8.90. The maximum absolute atomic E-state index is 11.8. The zero-order valence-electron chi connectivity index (χ0n) is 11.9. The van der Waals surface area contributed by atoms with E-state index in [1.165, 1.54) is 0 Å². The fourth-order valence-electron chi connectivity index (χ4n) is 1.62. The molecular weight excluding hydrogens is 242 g/mol. The zero-order valence-corrected chi connectivity index (χ0v) is 11.9. The van der Waals surface area contributed by atoms with E-state index in [4.69, 9.17) is 4.74 Å². The van der Waals surface area contributed by atoms with Gasteiger partial charge in [0.15, 0.2) is 6.61 Å². The molecule has 0 unspecified atom stereocenters. The van der Waals surface area contributed by atoms with E-state index in [0.29, 0.717) is 18.0 Å². The Balaban J connectivity index is 2.49. The van der Waals surface area contributed by atoms with Gasteiger partial charge in [0.2, 0.25) is 0 Å². The van der Waals surface area contributed by atoms with Crippen LogP contribution in [0.4, 0.5) is 0 Å². The first-order valence-corrected chi connectivity index (χ1v) is 6.41. The SMILES string of the molecule is Cc1ccc(C(=O)OCC(=O)NCC(C)C)c(C)c1. The standard InChI is InChI=1S/C15H21NO3/c1-10(2)8-16-14(17)9-19-15(18)13-6-5-11(3)7-12(13)4/h5-7,10H,8-9H2,1-4H3,(H,16,17). The van der Waals surface area contributed by atoms with Gasteiger partial charge in [0, 0.05) is 6.54 Å². The molecule has 1 aromatic carbocycles. The van der Waals surface area contributed by atoms with E-state index in [-0.39, 0.29) is 12.5 Å². The van der Waals surface area contributed by atoms with Crippen molar-refractivity contribution in [3.63, 3.8) is 0 Å². The van der Waals surface area contributed by atoms with Gasteiger partial charge in [0.05, 0.1) is 5.56 Å². The topological polar surface area (TPSA) is 55.4 Å². The molecular formula is C15H21NO3. The number of rotatable bonds is 5. The van der Waals surface area contributed by atoms with Crippen molar-refractivity contribution in [1.82, 2.24) is 5.32 Å². The van der Waals surface area contributed by atoms with E-state index in [9.17, 15) is 9.59 Å². The Kier molecular flexibility index (Phi) is 5.55. The van der Waals surface area contributed by atoms with Gasteiger partial charge in [-0.1, -0.05) is 31.5 Å². The minimum atomic E-state index is -0.461. The molecule has 0 fully saturated rings. The lowest BCUT2D eigenvalue weighted by Gasteiger charge is -2.09. The molecule has 0 aliphatic rings. The molecule has 0 spiro atoms. The van der Waals surface area contributed by atoms with Crippen molar-refractivity contribution < 1.29 is 14.3 Å². The van der Waals surface area contributed by atoms with Crippen LogP contribution in [0.25, 0.3) is 0 Å². The van der Waals surface area contributed by atoms with E-state index >= 15 is 0 Å². The quantitative estimate of drug-likeness (QED) is 0.829. The summed E-state index contributed by atoms with van der Waals surface area (Å²) in [6.07, 6.45) is 0. The number of esters is 1. The molecule has 0 bridgehead atoms. The molecule has 1 rings (SSSR count).